The Kier molecular flexibility index (Phi) is 8.60. The van der Waals surface area contributed by atoms with Gasteiger partial charge in [0.1, 0.15) is 29.4 Å². The molecule has 2 N–H and O–H groups in total. The lowest BCUT2D eigenvalue weighted by atomic mass is 10.2. The fourth-order valence-electron chi connectivity index (χ4n) is 3.79. The fourth-order valence-corrected chi connectivity index (χ4v) is 3.79. The fraction of sp³-hybridized carbons (Fsp3) is 0.538. The predicted molar refractivity (Wildman–Crippen MR) is 137 cm³/mol. The zero-order chi connectivity index (χ0) is 27.4. The molecule has 0 radical (unpaired) electrons. The summed E-state index contributed by atoms with van der Waals surface area (Å²) < 4.78 is 16.4. The van der Waals surface area contributed by atoms with E-state index < -0.39 is 29.5 Å². The Labute approximate surface area is 216 Å². The van der Waals surface area contributed by atoms with E-state index in [-0.39, 0.29) is 31.9 Å². The van der Waals surface area contributed by atoms with Gasteiger partial charge in [0, 0.05) is 30.3 Å². The number of hydrogen-bond donors (Lipinski definition) is 2. The third-order valence-corrected chi connectivity index (χ3v) is 5.19. The molecule has 0 saturated carbocycles. The van der Waals surface area contributed by atoms with Gasteiger partial charge in [-0.1, -0.05) is 0 Å². The molecule has 0 bridgehead atoms. The van der Waals surface area contributed by atoms with Crippen LogP contribution in [0.1, 0.15) is 64.9 Å². The molecular weight excluding hydrogens is 480 g/mol. The second-order valence-corrected chi connectivity index (χ2v) is 10.8. The number of aldehydes is 1. The van der Waals surface area contributed by atoms with Crippen molar-refractivity contribution in [1.29, 1.82) is 0 Å². The monoisotopic (exact) mass is 516 g/mol. The van der Waals surface area contributed by atoms with Gasteiger partial charge in [-0.05, 0) is 65.8 Å². The van der Waals surface area contributed by atoms with Crippen LogP contribution in [0.15, 0.2) is 24.3 Å². The molecule has 202 valence electrons. The second kappa shape index (κ2) is 11.3. The Hall–Kier alpha value is -3.44. The summed E-state index contributed by atoms with van der Waals surface area (Å²) in [6.07, 6.45) is -0.542. The van der Waals surface area contributed by atoms with E-state index in [0.717, 1.165) is 0 Å². The Morgan fingerprint density at radius 1 is 1.14 bits per heavy atom. The summed E-state index contributed by atoms with van der Waals surface area (Å²) >= 11 is 0. The molecule has 37 heavy (non-hydrogen) atoms. The normalized spacial score (nSPS) is 16.8. The zero-order valence-corrected chi connectivity index (χ0v) is 22.3. The van der Waals surface area contributed by atoms with Crippen molar-refractivity contribution in [3.63, 3.8) is 0 Å². The summed E-state index contributed by atoms with van der Waals surface area (Å²) in [5.74, 6) is -0.763. The van der Waals surface area contributed by atoms with Crippen LogP contribution in [0, 0.1) is 0 Å². The van der Waals surface area contributed by atoms with E-state index in [4.69, 9.17) is 14.2 Å². The number of carbonyl (C=O) groups is 4. The number of nitrogens with zero attached hydrogens (tertiary/aromatic N) is 2. The second-order valence-electron chi connectivity index (χ2n) is 10.8. The van der Waals surface area contributed by atoms with Crippen LogP contribution in [0.3, 0.4) is 0 Å². The number of carbonyl (C=O) groups excluding carboxylic acids is 4. The van der Waals surface area contributed by atoms with Crippen LogP contribution in [0.5, 0.6) is 0 Å². The van der Waals surface area contributed by atoms with Crippen molar-refractivity contribution < 1.29 is 33.4 Å². The lowest BCUT2D eigenvalue weighted by molar-refractivity contribution is -0.126. The Morgan fingerprint density at radius 2 is 1.84 bits per heavy atom. The number of hydrazine groups is 1. The van der Waals surface area contributed by atoms with Gasteiger partial charge in [0.15, 0.2) is 0 Å². The molecule has 11 heteroatoms. The summed E-state index contributed by atoms with van der Waals surface area (Å²) in [6.45, 7) is 11.5. The van der Waals surface area contributed by atoms with Crippen molar-refractivity contribution in [1.82, 2.24) is 15.3 Å². The predicted octanol–water partition coefficient (Wildman–Crippen LogP) is 3.53. The van der Waals surface area contributed by atoms with Crippen molar-refractivity contribution in [3.8, 4) is 0 Å². The van der Waals surface area contributed by atoms with E-state index in [1.807, 2.05) is 0 Å². The van der Waals surface area contributed by atoms with Crippen molar-refractivity contribution >= 4 is 40.8 Å². The highest BCUT2D eigenvalue weighted by Crippen LogP contribution is 2.27. The molecule has 2 aromatic rings. The van der Waals surface area contributed by atoms with Crippen molar-refractivity contribution in [2.24, 2.45) is 0 Å². The first-order valence-electron chi connectivity index (χ1n) is 12.2. The minimum Gasteiger partial charge on any atom is -0.455 e. The summed E-state index contributed by atoms with van der Waals surface area (Å²) in [5, 5.41) is 6.65. The van der Waals surface area contributed by atoms with Gasteiger partial charge in [-0.2, -0.15) is 0 Å². The van der Waals surface area contributed by atoms with Crippen molar-refractivity contribution in [2.45, 2.75) is 71.8 Å². The number of esters is 1. The largest absolute Gasteiger partial charge is 0.455 e. The zero-order valence-electron chi connectivity index (χ0n) is 22.3. The summed E-state index contributed by atoms with van der Waals surface area (Å²) in [7, 11) is 0. The number of amides is 2. The number of rotatable bonds is 7. The third-order valence-electron chi connectivity index (χ3n) is 5.19. The number of aromatic nitrogens is 1. The van der Waals surface area contributed by atoms with E-state index in [9.17, 15) is 19.2 Å². The molecule has 1 saturated heterocycles. The third kappa shape index (κ3) is 8.02. The number of morpholine rings is 1. The van der Waals surface area contributed by atoms with Gasteiger partial charge in [0.05, 0.1) is 18.8 Å². The number of nitrogens with one attached hydrogen (secondary N) is 2. The minimum absolute atomic E-state index is 0.0132. The average Bonchev–Trinajstić information content (AvgIpc) is 3.19. The molecule has 1 aromatic carbocycles. The Bertz CT molecular complexity index is 1150. The first-order valence-corrected chi connectivity index (χ1v) is 12.2. The van der Waals surface area contributed by atoms with E-state index in [1.165, 1.54) is 5.01 Å². The number of fused-ring (bicyclic) bond motifs is 1. The van der Waals surface area contributed by atoms with E-state index in [2.05, 4.69) is 10.3 Å². The molecule has 1 fully saturated rings. The van der Waals surface area contributed by atoms with Crippen molar-refractivity contribution in [2.75, 3.05) is 24.7 Å². The number of ether oxygens (including phenoxy) is 3. The van der Waals surface area contributed by atoms with Crippen LogP contribution in [-0.4, -0.2) is 71.4 Å². The molecule has 1 unspecified atom stereocenters. The smallest absolute Gasteiger partial charge is 0.409 e. The topological polar surface area (TPSA) is 130 Å². The molecule has 2 heterocycles. The standard InChI is InChI=1S/C26H36N4O7/c1-25(2,3)36-23(33)20-15-17-14-18(9-10-19(17)27-20)30(22(32)8-7-12-31)29-11-13-35-21(16-29)28-24(34)37-26(4,5)6/h9-10,12,14-15,21,27H,7-8,11,13,16H2,1-6H3,(H,28,34). The van der Waals surface area contributed by atoms with Crippen molar-refractivity contribution in [3.05, 3.63) is 30.0 Å². The van der Waals surface area contributed by atoms with Crippen LogP contribution >= 0.6 is 0 Å². The Morgan fingerprint density at radius 3 is 2.49 bits per heavy atom. The van der Waals surface area contributed by atoms with Crippen LogP contribution in [0.2, 0.25) is 0 Å². The summed E-state index contributed by atoms with van der Waals surface area (Å²) in [6, 6.07) is 6.98. The van der Waals surface area contributed by atoms with Gasteiger partial charge in [0.25, 0.3) is 0 Å². The first-order chi connectivity index (χ1) is 17.3. The molecular formula is C26H36N4O7. The average molecular weight is 517 g/mol. The SMILES string of the molecule is CC(C)(C)OC(=O)NC1CN(N(C(=O)CCC=O)c2ccc3[nH]c(C(=O)OC(C)(C)C)cc3c2)CCO1. The molecule has 0 spiro atoms. The van der Waals surface area contributed by atoms with E-state index in [1.54, 1.807) is 70.8 Å². The van der Waals surface area contributed by atoms with E-state index in [0.29, 0.717) is 35.1 Å². The quantitative estimate of drug-likeness (QED) is 0.422. The summed E-state index contributed by atoms with van der Waals surface area (Å²) in [4.78, 5) is 52.0. The lowest BCUT2D eigenvalue weighted by Crippen LogP contribution is -2.58. The van der Waals surface area contributed by atoms with Crippen LogP contribution in [0.4, 0.5) is 10.5 Å². The molecule has 11 nitrogen and oxygen atoms in total. The number of alkyl carbamates (subject to hydrolysis) is 1. The highest BCUT2D eigenvalue weighted by atomic mass is 16.6. The number of H-pyrrole nitrogens is 1. The maximum absolute atomic E-state index is 13.2. The molecule has 3 rings (SSSR count). The first kappa shape index (κ1) is 28.1. The van der Waals surface area contributed by atoms with Gasteiger partial charge in [0.2, 0.25) is 5.91 Å². The molecule has 0 aliphatic carbocycles. The van der Waals surface area contributed by atoms with Gasteiger partial charge >= 0.3 is 12.1 Å². The molecule has 1 aromatic heterocycles. The number of hydrogen-bond acceptors (Lipinski definition) is 8. The molecule has 2 amide bonds. The Balaban J connectivity index is 1.86. The molecule has 1 aliphatic heterocycles. The highest BCUT2D eigenvalue weighted by Gasteiger charge is 2.31. The molecule has 1 atom stereocenters. The maximum Gasteiger partial charge on any atom is 0.409 e. The number of benzene rings is 1. The number of anilines is 1. The minimum atomic E-state index is -0.709. The van der Waals surface area contributed by atoms with Gasteiger partial charge in [-0.3, -0.25) is 10.1 Å². The van der Waals surface area contributed by atoms with E-state index >= 15 is 0 Å². The molecule has 1 aliphatic rings. The van der Waals surface area contributed by atoms with Gasteiger partial charge in [-0.15, -0.1) is 0 Å². The number of aromatic amines is 1. The van der Waals surface area contributed by atoms with Crippen LogP contribution in [0.25, 0.3) is 10.9 Å². The summed E-state index contributed by atoms with van der Waals surface area (Å²) in [5.41, 5.74) is 0.252. The highest BCUT2D eigenvalue weighted by molar-refractivity contribution is 5.99. The lowest BCUT2D eigenvalue weighted by Gasteiger charge is -2.40. The van der Waals surface area contributed by atoms with Gasteiger partial charge in [-0.25, -0.2) is 19.6 Å². The van der Waals surface area contributed by atoms with Gasteiger partial charge < -0.3 is 24.0 Å². The van der Waals surface area contributed by atoms with Crippen LogP contribution < -0.4 is 10.3 Å². The maximum atomic E-state index is 13.2. The van der Waals surface area contributed by atoms with Crippen LogP contribution in [-0.2, 0) is 23.8 Å².